The van der Waals surface area contributed by atoms with Gasteiger partial charge in [-0.25, -0.2) is 0 Å². The van der Waals surface area contributed by atoms with Gasteiger partial charge in [-0.1, -0.05) is 0 Å². The van der Waals surface area contributed by atoms with Crippen molar-refractivity contribution in [1.82, 2.24) is 0 Å². The fraction of sp³-hybridized carbons (Fsp3) is 1.00. The Labute approximate surface area is 106 Å². The molecule has 3 rings (SSSR count). The molecule has 3 fully saturated rings. The van der Waals surface area contributed by atoms with Gasteiger partial charge in [-0.3, -0.25) is 0 Å². The van der Waals surface area contributed by atoms with Gasteiger partial charge < -0.3 is 28.8 Å². The summed E-state index contributed by atoms with van der Waals surface area (Å²) in [6.45, 7) is 7.78. The third-order valence-corrected chi connectivity index (χ3v) is 3.53. The molecule has 0 aromatic carbocycles. The summed E-state index contributed by atoms with van der Waals surface area (Å²) in [6.07, 6.45) is -2.05. The summed E-state index contributed by atoms with van der Waals surface area (Å²) in [5.41, 5.74) is 0. The van der Waals surface area contributed by atoms with E-state index in [1.54, 1.807) is 0 Å². The zero-order valence-electron chi connectivity index (χ0n) is 11.1. The van der Waals surface area contributed by atoms with Gasteiger partial charge in [-0.05, 0) is 27.7 Å². The van der Waals surface area contributed by atoms with Gasteiger partial charge in [0.15, 0.2) is 24.2 Å². The topological polar surface area (TPSA) is 66.4 Å². The van der Waals surface area contributed by atoms with E-state index in [1.807, 2.05) is 27.7 Å². The lowest BCUT2D eigenvalue weighted by Gasteiger charge is -2.27. The van der Waals surface area contributed by atoms with Crippen molar-refractivity contribution in [2.45, 2.75) is 64.1 Å². The number of aliphatic hydroxyl groups excluding tert-OH is 1. The molecule has 3 heterocycles. The first-order chi connectivity index (χ1) is 8.27. The number of fused-ring (bicyclic) bond motifs is 1. The summed E-state index contributed by atoms with van der Waals surface area (Å²) in [5.74, 6) is -1.61. The highest BCUT2D eigenvalue weighted by Crippen LogP contribution is 2.43. The van der Waals surface area contributed by atoms with E-state index in [1.165, 1.54) is 0 Å². The number of ether oxygens (including phenoxy) is 5. The molecule has 0 aromatic rings. The average Bonchev–Trinajstić information content (AvgIpc) is 2.75. The van der Waals surface area contributed by atoms with Crippen molar-refractivity contribution in [3.8, 4) is 0 Å². The molecule has 0 aliphatic carbocycles. The number of rotatable bonds is 1. The molecular weight excluding hydrogens is 240 g/mol. The summed E-state index contributed by atoms with van der Waals surface area (Å²) < 4.78 is 28.1. The number of aliphatic hydroxyl groups is 1. The molecule has 3 saturated heterocycles. The molecule has 5 atom stereocenters. The Morgan fingerprint density at radius 3 is 2.33 bits per heavy atom. The van der Waals surface area contributed by atoms with Crippen LogP contribution in [0.2, 0.25) is 0 Å². The predicted molar refractivity (Wildman–Crippen MR) is 59.3 cm³/mol. The lowest BCUT2D eigenvalue weighted by molar-refractivity contribution is -0.250. The molecule has 3 aliphatic heterocycles. The maximum Gasteiger partial charge on any atom is 0.190 e. The molecule has 0 bridgehead atoms. The average molecular weight is 260 g/mol. The highest BCUT2D eigenvalue weighted by molar-refractivity contribution is 4.94. The van der Waals surface area contributed by atoms with Crippen molar-refractivity contribution in [3.05, 3.63) is 0 Å². The van der Waals surface area contributed by atoms with Crippen molar-refractivity contribution < 1.29 is 28.8 Å². The van der Waals surface area contributed by atoms with E-state index in [2.05, 4.69) is 0 Å². The minimum atomic E-state index is -0.946. The summed E-state index contributed by atoms with van der Waals surface area (Å²) in [4.78, 5) is 0. The summed E-state index contributed by atoms with van der Waals surface area (Å²) in [5, 5.41) is 9.98. The van der Waals surface area contributed by atoms with Crippen LogP contribution in [0, 0.1) is 5.92 Å². The van der Waals surface area contributed by atoms with Crippen molar-refractivity contribution in [1.29, 1.82) is 0 Å². The molecule has 0 spiro atoms. The van der Waals surface area contributed by atoms with Gasteiger partial charge in [0.2, 0.25) is 0 Å². The SMILES string of the molecule is CC1(C)O[C@@H]2O[C@@H](O)[C@@H]([C@@H]3COC(C)(C)O3)[C@@H]2O1. The lowest BCUT2D eigenvalue weighted by atomic mass is 9.97. The van der Waals surface area contributed by atoms with Gasteiger partial charge >= 0.3 is 0 Å². The van der Waals surface area contributed by atoms with E-state index in [0.717, 1.165) is 0 Å². The fourth-order valence-corrected chi connectivity index (χ4v) is 2.81. The standard InChI is InChI=1S/C12H20O6/c1-11(2)14-5-6(16-11)7-8-10(15-9(7)13)18-12(3,4)17-8/h6-10,13H,5H2,1-4H3/t6-,7-,8-,9+,10-/m0/s1. The molecule has 18 heavy (non-hydrogen) atoms. The highest BCUT2D eigenvalue weighted by Gasteiger charge is 2.58. The maximum absolute atomic E-state index is 9.98. The Bertz CT molecular complexity index is 341. The Kier molecular flexibility index (Phi) is 2.75. The van der Waals surface area contributed by atoms with Gasteiger partial charge in [-0.2, -0.15) is 0 Å². The minimum Gasteiger partial charge on any atom is -0.367 e. The van der Waals surface area contributed by atoms with Crippen LogP contribution in [-0.2, 0) is 23.7 Å². The Morgan fingerprint density at radius 1 is 1.00 bits per heavy atom. The molecule has 1 N–H and O–H groups in total. The number of hydrogen-bond acceptors (Lipinski definition) is 6. The molecular formula is C12H20O6. The van der Waals surface area contributed by atoms with Crippen molar-refractivity contribution in [3.63, 3.8) is 0 Å². The molecule has 3 aliphatic rings. The quantitative estimate of drug-likeness (QED) is 0.744. The first kappa shape index (κ1) is 12.8. The molecule has 0 saturated carbocycles. The van der Waals surface area contributed by atoms with E-state index in [-0.39, 0.29) is 18.1 Å². The van der Waals surface area contributed by atoms with Gasteiger partial charge in [0.1, 0.15) is 6.10 Å². The van der Waals surface area contributed by atoms with Gasteiger partial charge in [0, 0.05) is 0 Å². The van der Waals surface area contributed by atoms with Crippen LogP contribution in [0.5, 0.6) is 0 Å². The third kappa shape index (κ3) is 2.07. The molecule has 0 radical (unpaired) electrons. The van der Waals surface area contributed by atoms with E-state index in [0.29, 0.717) is 6.61 Å². The van der Waals surface area contributed by atoms with E-state index in [4.69, 9.17) is 23.7 Å². The number of hydrogen-bond donors (Lipinski definition) is 1. The largest absolute Gasteiger partial charge is 0.367 e. The van der Waals surface area contributed by atoms with Gasteiger partial charge in [0.05, 0.1) is 18.6 Å². The third-order valence-electron chi connectivity index (χ3n) is 3.53. The summed E-state index contributed by atoms with van der Waals surface area (Å²) in [7, 11) is 0. The monoisotopic (exact) mass is 260 g/mol. The van der Waals surface area contributed by atoms with Crippen LogP contribution >= 0.6 is 0 Å². The summed E-state index contributed by atoms with van der Waals surface area (Å²) in [6, 6.07) is 0. The Balaban J connectivity index is 1.76. The first-order valence-corrected chi connectivity index (χ1v) is 6.28. The summed E-state index contributed by atoms with van der Waals surface area (Å²) >= 11 is 0. The van der Waals surface area contributed by atoms with Crippen LogP contribution in [-0.4, -0.2) is 48.1 Å². The van der Waals surface area contributed by atoms with E-state index < -0.39 is 24.2 Å². The maximum atomic E-state index is 9.98. The van der Waals surface area contributed by atoms with E-state index >= 15 is 0 Å². The fourth-order valence-electron chi connectivity index (χ4n) is 2.81. The van der Waals surface area contributed by atoms with Crippen LogP contribution in [0.15, 0.2) is 0 Å². The molecule has 0 aromatic heterocycles. The van der Waals surface area contributed by atoms with Crippen molar-refractivity contribution in [2.24, 2.45) is 5.92 Å². The molecule has 0 amide bonds. The van der Waals surface area contributed by atoms with Crippen molar-refractivity contribution >= 4 is 0 Å². The molecule has 6 heteroatoms. The molecule has 6 nitrogen and oxygen atoms in total. The second-order valence-corrected chi connectivity index (χ2v) is 5.94. The smallest absolute Gasteiger partial charge is 0.190 e. The van der Waals surface area contributed by atoms with Gasteiger partial charge in [0.25, 0.3) is 0 Å². The van der Waals surface area contributed by atoms with Crippen molar-refractivity contribution in [2.75, 3.05) is 6.61 Å². The van der Waals surface area contributed by atoms with E-state index in [9.17, 15) is 5.11 Å². The lowest BCUT2D eigenvalue weighted by Crippen LogP contribution is -2.40. The minimum absolute atomic E-state index is 0.248. The van der Waals surface area contributed by atoms with Crippen LogP contribution in [0.1, 0.15) is 27.7 Å². The Morgan fingerprint density at radius 2 is 1.72 bits per heavy atom. The second kappa shape index (κ2) is 3.88. The predicted octanol–water partition coefficient (Wildman–Crippen LogP) is 0.580. The zero-order valence-corrected chi connectivity index (χ0v) is 11.1. The van der Waals surface area contributed by atoms with Crippen LogP contribution in [0.25, 0.3) is 0 Å². The zero-order chi connectivity index (χ0) is 13.1. The van der Waals surface area contributed by atoms with Gasteiger partial charge in [-0.15, -0.1) is 0 Å². The Hall–Kier alpha value is -0.240. The van der Waals surface area contributed by atoms with Crippen LogP contribution in [0.3, 0.4) is 0 Å². The normalized spacial score (nSPS) is 49.5. The second-order valence-electron chi connectivity index (χ2n) is 5.94. The highest BCUT2D eigenvalue weighted by atomic mass is 16.9. The molecule has 104 valence electrons. The van der Waals surface area contributed by atoms with Crippen LogP contribution in [0.4, 0.5) is 0 Å². The molecule has 0 unspecified atom stereocenters. The first-order valence-electron chi connectivity index (χ1n) is 6.28. The van der Waals surface area contributed by atoms with Crippen LogP contribution < -0.4 is 0 Å².